The molecule has 39 heavy (non-hydrogen) atoms. The number of anilines is 1. The van der Waals surface area contributed by atoms with E-state index in [1.54, 1.807) is 19.1 Å². The average Bonchev–Trinajstić information content (AvgIpc) is 3.06. The molecule has 208 valence electrons. The predicted octanol–water partition coefficient (Wildman–Crippen LogP) is 6.95. The van der Waals surface area contributed by atoms with Crippen LogP contribution < -0.4 is 15.6 Å². The SMILES string of the molecule is CCOC(=O)c1ccc(-c2c(B3OC(C)(C)C(C)(C)O3)c(O[Si](C)(C)C(C)(C)C)c3ccccc3c2N)cc1. The highest BCUT2D eigenvalue weighted by atomic mass is 28.4. The van der Waals surface area contributed by atoms with Crippen molar-refractivity contribution in [2.24, 2.45) is 0 Å². The van der Waals surface area contributed by atoms with Gasteiger partial charge in [0.25, 0.3) is 0 Å². The van der Waals surface area contributed by atoms with Gasteiger partial charge in [-0.3, -0.25) is 0 Å². The van der Waals surface area contributed by atoms with Crippen LogP contribution in [-0.4, -0.2) is 39.2 Å². The predicted molar refractivity (Wildman–Crippen MR) is 163 cm³/mol. The normalized spacial score (nSPS) is 16.9. The van der Waals surface area contributed by atoms with Crippen molar-refractivity contribution < 1.29 is 23.3 Å². The fraction of sp³-hybridized carbons (Fsp3) is 0.452. The third-order valence-corrected chi connectivity index (χ3v) is 12.9. The minimum absolute atomic E-state index is 0.0376. The zero-order chi connectivity index (χ0) is 29.0. The fourth-order valence-corrected chi connectivity index (χ4v) is 5.49. The number of hydrogen-bond acceptors (Lipinski definition) is 6. The third-order valence-electron chi connectivity index (χ3n) is 8.58. The second kappa shape index (κ2) is 9.98. The van der Waals surface area contributed by atoms with Gasteiger partial charge in [0, 0.05) is 27.5 Å². The molecule has 3 aromatic carbocycles. The molecule has 3 aromatic rings. The first-order valence-electron chi connectivity index (χ1n) is 13.7. The van der Waals surface area contributed by atoms with Crippen LogP contribution in [-0.2, 0) is 14.0 Å². The highest BCUT2D eigenvalue weighted by Crippen LogP contribution is 2.45. The Morgan fingerprint density at radius 3 is 2.00 bits per heavy atom. The lowest BCUT2D eigenvalue weighted by Gasteiger charge is -2.38. The number of esters is 1. The first-order valence-corrected chi connectivity index (χ1v) is 16.6. The van der Waals surface area contributed by atoms with Crippen molar-refractivity contribution in [1.29, 1.82) is 0 Å². The van der Waals surface area contributed by atoms with Crippen molar-refractivity contribution in [3.05, 3.63) is 54.1 Å². The Bertz CT molecular complexity index is 1380. The number of nitrogen functional groups attached to an aromatic ring is 1. The van der Waals surface area contributed by atoms with Gasteiger partial charge in [-0.05, 0) is 70.4 Å². The van der Waals surface area contributed by atoms with E-state index in [0.717, 1.165) is 33.1 Å². The molecule has 6 nitrogen and oxygen atoms in total. The molecule has 0 atom stereocenters. The summed E-state index contributed by atoms with van der Waals surface area (Å²) in [4.78, 5) is 12.4. The van der Waals surface area contributed by atoms with Gasteiger partial charge in [-0.1, -0.05) is 57.2 Å². The van der Waals surface area contributed by atoms with E-state index in [0.29, 0.717) is 17.9 Å². The van der Waals surface area contributed by atoms with Crippen molar-refractivity contribution in [2.45, 2.75) is 84.7 Å². The summed E-state index contributed by atoms with van der Waals surface area (Å²) in [6.07, 6.45) is 0. The van der Waals surface area contributed by atoms with Gasteiger partial charge in [0.15, 0.2) is 0 Å². The third kappa shape index (κ3) is 5.22. The summed E-state index contributed by atoms with van der Waals surface area (Å²) >= 11 is 0. The van der Waals surface area contributed by atoms with Crippen molar-refractivity contribution in [3.63, 3.8) is 0 Å². The van der Waals surface area contributed by atoms with Crippen LogP contribution >= 0.6 is 0 Å². The molecule has 1 aliphatic rings. The Labute approximate surface area is 234 Å². The van der Waals surface area contributed by atoms with Gasteiger partial charge in [0.1, 0.15) is 5.75 Å². The van der Waals surface area contributed by atoms with Crippen LogP contribution in [0.15, 0.2) is 48.5 Å². The van der Waals surface area contributed by atoms with Gasteiger partial charge in [0.05, 0.1) is 23.4 Å². The van der Waals surface area contributed by atoms with Gasteiger partial charge in [-0.15, -0.1) is 0 Å². The topological polar surface area (TPSA) is 80.0 Å². The van der Waals surface area contributed by atoms with E-state index in [-0.39, 0.29) is 11.0 Å². The molecule has 0 spiro atoms. The first-order chi connectivity index (χ1) is 18.0. The van der Waals surface area contributed by atoms with E-state index >= 15 is 0 Å². The van der Waals surface area contributed by atoms with Crippen LogP contribution in [0.2, 0.25) is 18.1 Å². The summed E-state index contributed by atoms with van der Waals surface area (Å²) in [6, 6.07) is 15.4. The van der Waals surface area contributed by atoms with E-state index in [1.165, 1.54) is 0 Å². The summed E-state index contributed by atoms with van der Waals surface area (Å²) in [7, 11) is -3.01. The van der Waals surface area contributed by atoms with E-state index in [4.69, 9.17) is 24.2 Å². The van der Waals surface area contributed by atoms with E-state index in [1.807, 2.05) is 58.0 Å². The monoisotopic (exact) mass is 547 g/mol. The molecule has 1 heterocycles. The lowest BCUT2D eigenvalue weighted by Crippen LogP contribution is -2.47. The Morgan fingerprint density at radius 1 is 0.949 bits per heavy atom. The zero-order valence-electron chi connectivity index (χ0n) is 25.0. The minimum atomic E-state index is -2.30. The maximum Gasteiger partial charge on any atom is 0.499 e. The van der Waals surface area contributed by atoms with Gasteiger partial charge >= 0.3 is 13.1 Å². The molecule has 1 fully saturated rings. The Morgan fingerprint density at radius 2 is 1.49 bits per heavy atom. The average molecular weight is 548 g/mol. The molecule has 0 amide bonds. The van der Waals surface area contributed by atoms with E-state index in [9.17, 15) is 4.79 Å². The number of benzene rings is 3. The number of ether oxygens (including phenoxy) is 1. The Hall–Kier alpha value is -2.81. The second-order valence-corrected chi connectivity index (χ2v) is 17.6. The number of hydrogen-bond donors (Lipinski definition) is 1. The molecular weight excluding hydrogens is 505 g/mol. The van der Waals surface area contributed by atoms with Crippen LogP contribution in [0.1, 0.15) is 65.7 Å². The molecule has 0 aliphatic carbocycles. The summed E-state index contributed by atoms with van der Waals surface area (Å²) in [5.74, 6) is 0.387. The smallest absolute Gasteiger partial charge is 0.499 e. The molecule has 0 bridgehead atoms. The molecule has 8 heteroatoms. The minimum Gasteiger partial charge on any atom is -0.543 e. The van der Waals surface area contributed by atoms with Gasteiger partial charge < -0.3 is 24.2 Å². The molecule has 4 rings (SSSR count). The van der Waals surface area contributed by atoms with Crippen molar-refractivity contribution in [1.82, 2.24) is 0 Å². The Balaban J connectivity index is 2.05. The molecule has 2 N–H and O–H groups in total. The highest BCUT2D eigenvalue weighted by molar-refractivity contribution is 6.75. The van der Waals surface area contributed by atoms with E-state index < -0.39 is 26.6 Å². The first kappa shape index (κ1) is 29.2. The zero-order valence-corrected chi connectivity index (χ0v) is 26.0. The lowest BCUT2D eigenvalue weighted by molar-refractivity contribution is 0.00578. The molecule has 1 saturated heterocycles. The number of nitrogens with two attached hydrogens (primary N) is 1. The molecule has 0 saturated carbocycles. The summed E-state index contributed by atoms with van der Waals surface area (Å²) in [5.41, 5.74) is 9.36. The second-order valence-electron chi connectivity index (χ2n) is 12.8. The summed E-state index contributed by atoms with van der Waals surface area (Å²) in [5, 5.41) is 1.79. The van der Waals surface area contributed by atoms with Crippen LogP contribution in [0, 0.1) is 0 Å². The van der Waals surface area contributed by atoms with Crippen molar-refractivity contribution in [3.8, 4) is 16.9 Å². The van der Waals surface area contributed by atoms with Gasteiger partial charge in [-0.25, -0.2) is 4.79 Å². The molecule has 1 aliphatic heterocycles. The lowest BCUT2D eigenvalue weighted by atomic mass is 9.71. The van der Waals surface area contributed by atoms with Crippen LogP contribution in [0.3, 0.4) is 0 Å². The summed E-state index contributed by atoms with van der Waals surface area (Å²) in [6.45, 7) is 21.4. The molecular formula is C31H42BNO5Si. The van der Waals surface area contributed by atoms with Crippen LogP contribution in [0.5, 0.6) is 5.75 Å². The number of fused-ring (bicyclic) bond motifs is 1. The Kier molecular flexibility index (Phi) is 7.47. The standard InChI is InChI=1S/C31H42BNO5Si/c1-11-35-28(34)21-18-16-20(17-19-21)24-25(32-37-30(5,6)31(7,8)38-32)27(36-39(9,10)29(2,3)4)23-15-13-12-14-22(23)26(24)33/h12-19H,11,33H2,1-10H3. The van der Waals surface area contributed by atoms with Crippen molar-refractivity contribution in [2.75, 3.05) is 12.3 Å². The highest BCUT2D eigenvalue weighted by Gasteiger charge is 2.54. The van der Waals surface area contributed by atoms with Crippen LogP contribution in [0.4, 0.5) is 5.69 Å². The maximum atomic E-state index is 12.4. The fourth-order valence-electron chi connectivity index (χ4n) is 4.46. The van der Waals surface area contributed by atoms with Gasteiger partial charge in [0.2, 0.25) is 8.32 Å². The van der Waals surface area contributed by atoms with Crippen LogP contribution in [0.25, 0.3) is 21.9 Å². The quantitative estimate of drug-likeness (QED) is 0.204. The molecule has 0 aromatic heterocycles. The number of rotatable bonds is 6. The maximum absolute atomic E-state index is 12.4. The molecule has 0 radical (unpaired) electrons. The van der Waals surface area contributed by atoms with Gasteiger partial charge in [-0.2, -0.15) is 0 Å². The summed E-state index contributed by atoms with van der Waals surface area (Å²) < 4.78 is 25.6. The van der Waals surface area contributed by atoms with Crippen molar-refractivity contribution >= 4 is 43.3 Å². The van der Waals surface area contributed by atoms with E-state index in [2.05, 4.69) is 39.9 Å². The molecule has 0 unspecified atom stereocenters. The number of carbonyl (C=O) groups is 1. The number of carbonyl (C=O) groups excluding carboxylic acids is 1. The largest absolute Gasteiger partial charge is 0.543 e.